The highest BCUT2D eigenvalue weighted by Gasteiger charge is 2.16. The number of nitrogens with one attached hydrogen (secondary N) is 1. The first-order valence-electron chi connectivity index (χ1n) is 7.72. The topological polar surface area (TPSA) is 29.1 Å². The van der Waals surface area contributed by atoms with Crippen molar-refractivity contribution in [1.82, 2.24) is 0 Å². The summed E-state index contributed by atoms with van der Waals surface area (Å²) in [5.41, 5.74) is 2.10. The third-order valence-electron chi connectivity index (χ3n) is 4.07. The van der Waals surface area contributed by atoms with Crippen molar-refractivity contribution >= 4 is 23.2 Å². The highest BCUT2D eigenvalue weighted by Crippen LogP contribution is 2.25. The molecular weight excluding hydrogens is 270 g/mol. The van der Waals surface area contributed by atoms with Crippen LogP contribution in [0.2, 0.25) is 0 Å². The van der Waals surface area contributed by atoms with Crippen LogP contribution in [-0.4, -0.2) is 11.8 Å². The van der Waals surface area contributed by atoms with E-state index in [1.54, 1.807) is 0 Å². The number of rotatable bonds is 5. The van der Waals surface area contributed by atoms with Crippen molar-refractivity contribution in [3.63, 3.8) is 0 Å². The molecule has 1 aromatic carbocycles. The van der Waals surface area contributed by atoms with Crippen LogP contribution in [0.1, 0.15) is 50.5 Å². The van der Waals surface area contributed by atoms with Gasteiger partial charge in [0.2, 0.25) is 5.91 Å². The van der Waals surface area contributed by atoms with Crippen LogP contribution >= 0.6 is 11.6 Å². The molecule has 1 aromatic rings. The Labute approximate surface area is 126 Å². The molecule has 0 unspecified atom stereocenters. The van der Waals surface area contributed by atoms with Crippen LogP contribution in [0.3, 0.4) is 0 Å². The van der Waals surface area contributed by atoms with Gasteiger partial charge >= 0.3 is 0 Å². The molecule has 1 aliphatic carbocycles. The lowest BCUT2D eigenvalue weighted by Crippen LogP contribution is -2.16. The predicted octanol–water partition coefficient (Wildman–Crippen LogP) is 4.77. The summed E-state index contributed by atoms with van der Waals surface area (Å²) in [5, 5.41) is 3.01. The summed E-state index contributed by atoms with van der Waals surface area (Å²) in [7, 11) is 0. The number of amides is 1. The van der Waals surface area contributed by atoms with Gasteiger partial charge in [-0.2, -0.15) is 0 Å². The van der Waals surface area contributed by atoms with Gasteiger partial charge in [0.05, 0.1) is 0 Å². The molecule has 2 rings (SSSR count). The van der Waals surface area contributed by atoms with E-state index in [1.807, 2.05) is 24.3 Å². The van der Waals surface area contributed by atoms with E-state index in [4.69, 9.17) is 11.6 Å². The molecule has 0 spiro atoms. The normalized spacial score (nSPS) is 16.6. The van der Waals surface area contributed by atoms with Crippen molar-refractivity contribution < 1.29 is 4.79 Å². The first kappa shape index (κ1) is 15.4. The second kappa shape index (κ2) is 8.31. The largest absolute Gasteiger partial charge is 0.326 e. The van der Waals surface area contributed by atoms with E-state index < -0.39 is 0 Å². The number of carbonyl (C=O) groups is 1. The number of anilines is 1. The van der Waals surface area contributed by atoms with Crippen molar-refractivity contribution in [2.75, 3.05) is 11.2 Å². The van der Waals surface area contributed by atoms with Crippen LogP contribution in [0.5, 0.6) is 0 Å². The molecule has 1 fully saturated rings. The number of alkyl halides is 1. The smallest absolute Gasteiger partial charge is 0.224 e. The fourth-order valence-electron chi connectivity index (χ4n) is 2.91. The van der Waals surface area contributed by atoms with E-state index in [-0.39, 0.29) is 5.91 Å². The summed E-state index contributed by atoms with van der Waals surface area (Å²) in [6.45, 7) is 0. The van der Waals surface area contributed by atoms with Gasteiger partial charge in [0.1, 0.15) is 0 Å². The SMILES string of the molecule is O=C(CC1CCCCCC1)Nc1ccc(CCCl)cc1. The van der Waals surface area contributed by atoms with E-state index >= 15 is 0 Å². The Morgan fingerprint density at radius 1 is 1.10 bits per heavy atom. The van der Waals surface area contributed by atoms with Crippen LogP contribution in [0.4, 0.5) is 5.69 Å². The third-order valence-corrected chi connectivity index (χ3v) is 4.26. The van der Waals surface area contributed by atoms with Crippen LogP contribution in [0.25, 0.3) is 0 Å². The van der Waals surface area contributed by atoms with E-state index in [0.29, 0.717) is 18.2 Å². The summed E-state index contributed by atoms with van der Waals surface area (Å²) in [4.78, 5) is 12.1. The van der Waals surface area contributed by atoms with Gasteiger partial charge in [-0.25, -0.2) is 0 Å². The van der Waals surface area contributed by atoms with Gasteiger partial charge in [-0.3, -0.25) is 4.79 Å². The van der Waals surface area contributed by atoms with Gasteiger partial charge in [0.25, 0.3) is 0 Å². The molecule has 1 N–H and O–H groups in total. The lowest BCUT2D eigenvalue weighted by molar-refractivity contribution is -0.117. The summed E-state index contributed by atoms with van der Waals surface area (Å²) < 4.78 is 0. The van der Waals surface area contributed by atoms with Crippen LogP contribution in [-0.2, 0) is 11.2 Å². The number of hydrogen-bond donors (Lipinski definition) is 1. The number of benzene rings is 1. The summed E-state index contributed by atoms with van der Waals surface area (Å²) >= 11 is 5.71. The molecule has 2 nitrogen and oxygen atoms in total. The number of aryl methyl sites for hydroxylation is 1. The Morgan fingerprint density at radius 2 is 1.75 bits per heavy atom. The number of hydrogen-bond acceptors (Lipinski definition) is 1. The lowest BCUT2D eigenvalue weighted by Gasteiger charge is -2.13. The maximum absolute atomic E-state index is 12.1. The van der Waals surface area contributed by atoms with Crippen LogP contribution < -0.4 is 5.32 Å². The van der Waals surface area contributed by atoms with E-state index in [2.05, 4.69) is 5.32 Å². The van der Waals surface area contributed by atoms with Crippen molar-refractivity contribution in [3.8, 4) is 0 Å². The second-order valence-corrected chi connectivity index (χ2v) is 6.12. The molecule has 0 bridgehead atoms. The molecule has 0 saturated heterocycles. The highest BCUT2D eigenvalue weighted by molar-refractivity contribution is 6.17. The fourth-order valence-corrected chi connectivity index (χ4v) is 3.12. The van der Waals surface area contributed by atoms with Gasteiger partial charge in [-0.1, -0.05) is 37.8 Å². The summed E-state index contributed by atoms with van der Waals surface area (Å²) in [6.07, 6.45) is 9.20. The average Bonchev–Trinajstić information content (AvgIpc) is 2.70. The Morgan fingerprint density at radius 3 is 2.35 bits per heavy atom. The van der Waals surface area contributed by atoms with Gasteiger partial charge < -0.3 is 5.32 Å². The Bertz CT molecular complexity index is 408. The molecule has 110 valence electrons. The maximum atomic E-state index is 12.1. The minimum Gasteiger partial charge on any atom is -0.326 e. The molecule has 3 heteroatoms. The molecule has 0 radical (unpaired) electrons. The maximum Gasteiger partial charge on any atom is 0.224 e. The quantitative estimate of drug-likeness (QED) is 0.615. The molecule has 1 amide bonds. The van der Waals surface area contributed by atoms with E-state index in [0.717, 1.165) is 12.1 Å². The first-order valence-corrected chi connectivity index (χ1v) is 8.26. The molecular formula is C17H24ClNO. The van der Waals surface area contributed by atoms with Crippen molar-refractivity contribution in [1.29, 1.82) is 0 Å². The second-order valence-electron chi connectivity index (χ2n) is 5.75. The molecule has 1 saturated carbocycles. The number of carbonyl (C=O) groups excluding carboxylic acids is 1. The zero-order chi connectivity index (χ0) is 14.2. The monoisotopic (exact) mass is 293 g/mol. The van der Waals surface area contributed by atoms with Crippen molar-refractivity contribution in [2.45, 2.75) is 51.4 Å². The minimum absolute atomic E-state index is 0.155. The summed E-state index contributed by atoms with van der Waals surface area (Å²) in [6, 6.07) is 7.99. The highest BCUT2D eigenvalue weighted by atomic mass is 35.5. The molecule has 20 heavy (non-hydrogen) atoms. The van der Waals surface area contributed by atoms with Gasteiger partial charge in [-0.05, 0) is 42.9 Å². The van der Waals surface area contributed by atoms with Gasteiger partial charge in [0.15, 0.2) is 0 Å². The Hall–Kier alpha value is -1.02. The van der Waals surface area contributed by atoms with Crippen LogP contribution in [0, 0.1) is 5.92 Å². The Kier molecular flexibility index (Phi) is 6.38. The standard InChI is InChI=1S/C17H24ClNO/c18-12-11-14-7-9-16(10-8-14)19-17(20)13-15-5-3-1-2-4-6-15/h7-10,15H,1-6,11-13H2,(H,19,20). The molecule has 0 aliphatic heterocycles. The van der Waals surface area contributed by atoms with E-state index in [9.17, 15) is 4.79 Å². The number of halogens is 1. The zero-order valence-electron chi connectivity index (χ0n) is 12.0. The predicted molar refractivity (Wildman–Crippen MR) is 85.3 cm³/mol. The average molecular weight is 294 g/mol. The zero-order valence-corrected chi connectivity index (χ0v) is 12.8. The fraction of sp³-hybridized carbons (Fsp3) is 0.588. The van der Waals surface area contributed by atoms with Crippen LogP contribution in [0.15, 0.2) is 24.3 Å². The summed E-state index contributed by atoms with van der Waals surface area (Å²) in [5.74, 6) is 1.36. The van der Waals surface area contributed by atoms with Crippen molar-refractivity contribution in [3.05, 3.63) is 29.8 Å². The van der Waals surface area contributed by atoms with Crippen molar-refractivity contribution in [2.24, 2.45) is 5.92 Å². The van der Waals surface area contributed by atoms with E-state index in [1.165, 1.54) is 44.1 Å². The minimum atomic E-state index is 0.155. The molecule has 0 atom stereocenters. The van der Waals surface area contributed by atoms with Gasteiger partial charge in [0, 0.05) is 18.0 Å². The Balaban J connectivity index is 1.81. The third kappa shape index (κ3) is 5.16. The molecule has 1 aliphatic rings. The first-order chi connectivity index (χ1) is 9.78. The molecule has 0 heterocycles. The molecule has 0 aromatic heterocycles. The lowest BCUT2D eigenvalue weighted by atomic mass is 9.96. The van der Waals surface area contributed by atoms with Gasteiger partial charge in [-0.15, -0.1) is 11.6 Å².